The van der Waals surface area contributed by atoms with Crippen LogP contribution in [-0.4, -0.2) is 17.5 Å². The van der Waals surface area contributed by atoms with E-state index in [1.807, 2.05) is 13.0 Å². The van der Waals surface area contributed by atoms with Crippen LogP contribution in [-0.2, 0) is 4.79 Å². The van der Waals surface area contributed by atoms with Gasteiger partial charge in [-0.1, -0.05) is 12.2 Å². The predicted octanol–water partition coefficient (Wildman–Crippen LogP) is 5.01. The van der Waals surface area contributed by atoms with Crippen LogP contribution in [0.3, 0.4) is 0 Å². The average Bonchev–Trinajstić information content (AvgIpc) is 2.96. The molecule has 1 aromatic heterocycles. The fourth-order valence-corrected chi connectivity index (χ4v) is 3.59. The van der Waals surface area contributed by atoms with Crippen molar-refractivity contribution in [2.45, 2.75) is 32.8 Å². The Bertz CT molecular complexity index is 772. The number of aromatic nitrogens is 1. The van der Waals surface area contributed by atoms with Crippen molar-refractivity contribution >= 4 is 22.4 Å². The molecule has 0 spiro atoms. The number of nitrogens with zero attached hydrogens (tertiary/aromatic N) is 1. The fraction of sp³-hybridized carbons (Fsp3) is 0.333. The highest BCUT2D eigenvalue weighted by molar-refractivity contribution is 7.16. The van der Waals surface area contributed by atoms with Gasteiger partial charge in [-0.05, 0) is 50.5 Å². The van der Waals surface area contributed by atoms with Gasteiger partial charge in [-0.3, -0.25) is 4.79 Å². The smallest absolute Gasteiger partial charge is 0.387 e. The van der Waals surface area contributed by atoms with Gasteiger partial charge in [0.1, 0.15) is 5.75 Å². The molecule has 7 heteroatoms. The van der Waals surface area contributed by atoms with Gasteiger partial charge in [0.2, 0.25) is 5.91 Å². The fourth-order valence-electron chi connectivity index (χ4n) is 2.75. The molecular formula is C18H18F2N2O2S. The molecule has 1 aliphatic rings. The van der Waals surface area contributed by atoms with E-state index < -0.39 is 6.61 Å². The van der Waals surface area contributed by atoms with E-state index in [1.54, 1.807) is 12.1 Å². The van der Waals surface area contributed by atoms with Crippen molar-refractivity contribution in [1.29, 1.82) is 0 Å². The molecule has 1 aromatic carbocycles. The minimum Gasteiger partial charge on any atom is -0.435 e. The molecule has 1 heterocycles. The zero-order valence-electron chi connectivity index (χ0n) is 13.7. The van der Waals surface area contributed by atoms with Crippen LogP contribution in [0.5, 0.6) is 5.75 Å². The van der Waals surface area contributed by atoms with Crippen LogP contribution in [0, 0.1) is 12.8 Å². The van der Waals surface area contributed by atoms with E-state index in [9.17, 15) is 13.6 Å². The highest BCUT2D eigenvalue weighted by atomic mass is 32.1. The summed E-state index contributed by atoms with van der Waals surface area (Å²) in [6.45, 7) is -0.932. The Morgan fingerprint density at radius 1 is 1.32 bits per heavy atom. The van der Waals surface area contributed by atoms with Gasteiger partial charge in [-0.15, -0.1) is 11.3 Å². The minimum absolute atomic E-state index is 0.00895. The Kier molecular flexibility index (Phi) is 5.43. The van der Waals surface area contributed by atoms with Crippen LogP contribution in [0.15, 0.2) is 36.4 Å². The molecule has 0 aliphatic heterocycles. The number of anilines is 1. The molecular weight excluding hydrogens is 346 g/mol. The minimum atomic E-state index is -2.84. The Hall–Kier alpha value is -2.28. The summed E-state index contributed by atoms with van der Waals surface area (Å²) in [6, 6.07) is 6.31. The molecule has 132 valence electrons. The second kappa shape index (κ2) is 7.74. The van der Waals surface area contributed by atoms with Crippen LogP contribution in [0.4, 0.5) is 13.9 Å². The maximum absolute atomic E-state index is 12.3. The largest absolute Gasteiger partial charge is 0.435 e. The van der Waals surface area contributed by atoms with E-state index in [2.05, 4.69) is 21.1 Å². The molecule has 0 saturated heterocycles. The summed E-state index contributed by atoms with van der Waals surface area (Å²) < 4.78 is 28.8. The molecule has 1 unspecified atom stereocenters. The number of carbonyl (C=O) groups is 1. The first-order valence-electron chi connectivity index (χ1n) is 8.01. The number of amides is 1. The summed E-state index contributed by atoms with van der Waals surface area (Å²) >= 11 is 1.40. The van der Waals surface area contributed by atoms with E-state index in [0.29, 0.717) is 5.13 Å². The number of halogens is 2. The van der Waals surface area contributed by atoms with E-state index >= 15 is 0 Å². The van der Waals surface area contributed by atoms with Gasteiger partial charge in [0, 0.05) is 16.4 Å². The van der Waals surface area contributed by atoms with E-state index in [-0.39, 0.29) is 17.6 Å². The van der Waals surface area contributed by atoms with Gasteiger partial charge >= 0.3 is 6.61 Å². The van der Waals surface area contributed by atoms with Crippen LogP contribution in [0.2, 0.25) is 0 Å². The first kappa shape index (κ1) is 17.5. The lowest BCUT2D eigenvalue weighted by Crippen LogP contribution is -2.23. The van der Waals surface area contributed by atoms with Crippen molar-refractivity contribution in [1.82, 2.24) is 4.98 Å². The second-order valence-electron chi connectivity index (χ2n) is 5.80. The van der Waals surface area contributed by atoms with Gasteiger partial charge in [-0.2, -0.15) is 8.78 Å². The molecule has 0 saturated carbocycles. The Morgan fingerprint density at radius 3 is 2.72 bits per heavy atom. The summed E-state index contributed by atoms with van der Waals surface area (Å²) in [7, 11) is 0. The molecule has 0 radical (unpaired) electrons. The van der Waals surface area contributed by atoms with Gasteiger partial charge < -0.3 is 10.1 Å². The number of allylic oxidation sites excluding steroid dienone is 2. The van der Waals surface area contributed by atoms with E-state index in [1.165, 1.54) is 23.5 Å². The third-order valence-electron chi connectivity index (χ3n) is 4.02. The Balaban J connectivity index is 1.71. The Labute approximate surface area is 148 Å². The number of ether oxygens (including phenoxy) is 1. The van der Waals surface area contributed by atoms with Crippen LogP contribution in [0.25, 0.3) is 11.3 Å². The first-order chi connectivity index (χ1) is 12.0. The highest BCUT2D eigenvalue weighted by Crippen LogP contribution is 2.32. The predicted molar refractivity (Wildman–Crippen MR) is 94.0 cm³/mol. The number of hydrogen-bond donors (Lipinski definition) is 1. The quantitative estimate of drug-likeness (QED) is 0.759. The maximum atomic E-state index is 12.3. The van der Waals surface area contributed by atoms with Crippen LogP contribution < -0.4 is 10.1 Å². The molecule has 25 heavy (non-hydrogen) atoms. The summed E-state index contributed by atoms with van der Waals surface area (Å²) in [5, 5.41) is 3.45. The zero-order chi connectivity index (χ0) is 17.8. The third-order valence-corrected chi connectivity index (χ3v) is 4.91. The molecule has 3 rings (SSSR count). The Morgan fingerprint density at radius 2 is 2.08 bits per heavy atom. The number of rotatable bonds is 5. The SMILES string of the molecule is Cc1sc(NC(=O)C2CC=CCC2)nc1-c1ccc(OC(F)F)cc1. The monoisotopic (exact) mass is 364 g/mol. The summed E-state index contributed by atoms with van der Waals surface area (Å²) in [4.78, 5) is 17.7. The number of thiazole rings is 1. The first-order valence-corrected chi connectivity index (χ1v) is 8.83. The topological polar surface area (TPSA) is 51.2 Å². The lowest BCUT2D eigenvalue weighted by Gasteiger charge is -2.15. The van der Waals surface area contributed by atoms with E-state index in [4.69, 9.17) is 0 Å². The number of hydrogen-bond acceptors (Lipinski definition) is 4. The molecule has 2 aromatic rings. The molecule has 0 fully saturated rings. The number of benzene rings is 1. The van der Waals surface area contributed by atoms with Crippen molar-refractivity contribution in [3.63, 3.8) is 0 Å². The molecule has 1 amide bonds. The highest BCUT2D eigenvalue weighted by Gasteiger charge is 2.20. The van der Waals surface area contributed by atoms with Crippen LogP contribution in [0.1, 0.15) is 24.1 Å². The molecule has 1 aliphatic carbocycles. The van der Waals surface area contributed by atoms with Gasteiger partial charge in [0.05, 0.1) is 5.69 Å². The number of alkyl halides is 2. The van der Waals surface area contributed by atoms with Gasteiger partial charge in [-0.25, -0.2) is 4.98 Å². The molecule has 4 nitrogen and oxygen atoms in total. The normalized spacial score (nSPS) is 16.9. The number of aryl methyl sites for hydroxylation is 1. The number of nitrogens with one attached hydrogen (secondary N) is 1. The molecule has 1 N–H and O–H groups in total. The van der Waals surface area contributed by atoms with E-state index in [0.717, 1.165) is 35.4 Å². The standard InChI is InChI=1S/C18H18F2N2O2S/c1-11-15(12-7-9-14(10-8-12)24-17(19)20)21-18(25-11)22-16(23)13-5-3-2-4-6-13/h2-3,7-10,13,17H,4-6H2,1H3,(H,21,22,23). The summed E-state index contributed by atoms with van der Waals surface area (Å²) in [5.74, 6) is 0.0827. The van der Waals surface area contributed by atoms with Crippen molar-refractivity contribution in [3.05, 3.63) is 41.3 Å². The van der Waals surface area contributed by atoms with Crippen molar-refractivity contribution < 1.29 is 18.3 Å². The van der Waals surface area contributed by atoms with Crippen molar-refractivity contribution in [2.24, 2.45) is 5.92 Å². The molecule has 0 bridgehead atoms. The molecule has 1 atom stereocenters. The second-order valence-corrected chi connectivity index (χ2v) is 7.00. The van der Waals surface area contributed by atoms with Gasteiger partial charge in [0.15, 0.2) is 5.13 Å². The number of carbonyl (C=O) groups excluding carboxylic acids is 1. The summed E-state index contributed by atoms with van der Waals surface area (Å²) in [5.41, 5.74) is 1.52. The van der Waals surface area contributed by atoms with Crippen LogP contribution >= 0.6 is 11.3 Å². The maximum Gasteiger partial charge on any atom is 0.387 e. The van der Waals surface area contributed by atoms with Gasteiger partial charge in [0.25, 0.3) is 0 Å². The lowest BCUT2D eigenvalue weighted by atomic mass is 9.94. The zero-order valence-corrected chi connectivity index (χ0v) is 14.5. The van der Waals surface area contributed by atoms with Crippen molar-refractivity contribution in [2.75, 3.05) is 5.32 Å². The third kappa shape index (κ3) is 4.42. The summed E-state index contributed by atoms with van der Waals surface area (Å²) in [6.07, 6.45) is 6.67. The van der Waals surface area contributed by atoms with Crippen molar-refractivity contribution in [3.8, 4) is 17.0 Å². The average molecular weight is 364 g/mol. The lowest BCUT2D eigenvalue weighted by molar-refractivity contribution is -0.120.